The number of hydrogen-bond acceptors (Lipinski definition) is 4. The van der Waals surface area contributed by atoms with Crippen molar-refractivity contribution in [2.75, 3.05) is 7.11 Å². The molecule has 0 aromatic heterocycles. The molecule has 4 rings (SSSR count). The van der Waals surface area contributed by atoms with E-state index < -0.39 is 23.3 Å². The highest BCUT2D eigenvalue weighted by Gasteiger charge is 2.72. The fourth-order valence-electron chi connectivity index (χ4n) is 3.81. The summed E-state index contributed by atoms with van der Waals surface area (Å²) in [5.41, 5.74) is 0.140. The Balaban J connectivity index is 1.92. The third kappa shape index (κ3) is 1.80. The van der Waals surface area contributed by atoms with Gasteiger partial charge in [0.2, 0.25) is 0 Å². The lowest BCUT2D eigenvalue weighted by Crippen LogP contribution is -2.74. The summed E-state index contributed by atoms with van der Waals surface area (Å²) in [4.78, 5) is 12.1. The van der Waals surface area contributed by atoms with Crippen molar-refractivity contribution in [1.29, 1.82) is 0 Å². The minimum Gasteiger partial charge on any atom is -0.498 e. The molecule has 2 atom stereocenters. The van der Waals surface area contributed by atoms with Crippen LogP contribution >= 0.6 is 0 Å². The lowest BCUT2D eigenvalue weighted by atomic mass is 9.64. The third-order valence-electron chi connectivity index (χ3n) is 4.92. The lowest BCUT2D eigenvalue weighted by Gasteiger charge is -2.62. The van der Waals surface area contributed by atoms with Crippen molar-refractivity contribution in [2.45, 2.75) is 24.2 Å². The van der Waals surface area contributed by atoms with Crippen molar-refractivity contribution in [3.63, 3.8) is 0 Å². The van der Waals surface area contributed by atoms with Crippen molar-refractivity contribution in [3.8, 4) is 0 Å². The molecule has 2 aromatic rings. The van der Waals surface area contributed by atoms with E-state index >= 15 is 0 Å². The number of benzene rings is 2. The van der Waals surface area contributed by atoms with Crippen LogP contribution in [0.1, 0.15) is 18.1 Å². The zero-order valence-corrected chi connectivity index (χ0v) is 13.6. The molecule has 24 heavy (non-hydrogen) atoms. The van der Waals surface area contributed by atoms with E-state index in [4.69, 9.17) is 14.2 Å². The lowest BCUT2D eigenvalue weighted by molar-refractivity contribution is -0.336. The monoisotopic (exact) mass is 322 g/mol. The molecule has 122 valence electrons. The molecule has 2 heterocycles. The summed E-state index contributed by atoms with van der Waals surface area (Å²) in [6, 6.07) is 19.7. The van der Waals surface area contributed by atoms with Gasteiger partial charge in [-0.1, -0.05) is 60.7 Å². The molecule has 2 aliphatic heterocycles. The number of esters is 1. The van der Waals surface area contributed by atoms with Crippen molar-refractivity contribution in [3.05, 3.63) is 83.6 Å². The average Bonchev–Trinajstić information content (AvgIpc) is 2.61. The maximum Gasteiger partial charge on any atom is 0.335 e. The molecule has 2 aromatic carbocycles. The van der Waals surface area contributed by atoms with E-state index in [1.165, 1.54) is 6.08 Å². The summed E-state index contributed by atoms with van der Waals surface area (Å²) in [6.07, 6.45) is 0.924. The molecule has 1 unspecified atom stereocenters. The molecule has 0 radical (unpaired) electrons. The van der Waals surface area contributed by atoms with Crippen molar-refractivity contribution in [1.82, 2.24) is 0 Å². The van der Waals surface area contributed by atoms with E-state index in [-0.39, 0.29) is 0 Å². The summed E-state index contributed by atoms with van der Waals surface area (Å²) >= 11 is 0. The fraction of sp³-hybridized carbons (Fsp3) is 0.250. The quantitative estimate of drug-likeness (QED) is 0.814. The summed E-state index contributed by atoms with van der Waals surface area (Å²) < 4.78 is 17.6. The molecule has 0 spiro atoms. The molecule has 1 fully saturated rings. The van der Waals surface area contributed by atoms with Crippen molar-refractivity contribution >= 4 is 5.97 Å². The minimum absolute atomic E-state index is 0.412. The van der Waals surface area contributed by atoms with Gasteiger partial charge in [0.05, 0.1) is 13.2 Å². The predicted octanol–water partition coefficient (Wildman–Crippen LogP) is 3.17. The number of carbonyl (C=O) groups is 1. The summed E-state index contributed by atoms with van der Waals surface area (Å²) in [7, 11) is 1.54. The number of ether oxygens (including phenoxy) is 3. The first kappa shape index (κ1) is 15.0. The first-order valence-electron chi connectivity index (χ1n) is 7.89. The van der Waals surface area contributed by atoms with E-state index in [0.717, 1.165) is 11.1 Å². The minimum atomic E-state index is -0.882. The van der Waals surface area contributed by atoms with Gasteiger partial charge in [-0.3, -0.25) is 0 Å². The molecule has 0 bridgehead atoms. The Kier molecular flexibility index (Phi) is 3.25. The Morgan fingerprint density at radius 1 is 0.958 bits per heavy atom. The van der Waals surface area contributed by atoms with E-state index in [2.05, 4.69) is 0 Å². The second-order valence-electron chi connectivity index (χ2n) is 6.19. The highest BCUT2D eigenvalue weighted by Crippen LogP contribution is 2.59. The van der Waals surface area contributed by atoms with Gasteiger partial charge in [-0.25, -0.2) is 4.79 Å². The van der Waals surface area contributed by atoms with Gasteiger partial charge < -0.3 is 14.2 Å². The second-order valence-corrected chi connectivity index (χ2v) is 6.19. The Bertz CT molecular complexity index is 757. The van der Waals surface area contributed by atoms with Gasteiger partial charge in [0, 0.05) is 0 Å². The van der Waals surface area contributed by atoms with Crippen LogP contribution in [0.25, 0.3) is 0 Å². The summed E-state index contributed by atoms with van der Waals surface area (Å²) in [5.74, 6) is 0.0846. The molecule has 0 amide bonds. The van der Waals surface area contributed by atoms with Gasteiger partial charge in [0.1, 0.15) is 5.76 Å². The molecular formula is C20H18O4. The maximum absolute atomic E-state index is 12.1. The largest absolute Gasteiger partial charge is 0.498 e. The van der Waals surface area contributed by atoms with Crippen LogP contribution in [0, 0.1) is 0 Å². The van der Waals surface area contributed by atoms with E-state index in [1.807, 2.05) is 67.6 Å². The Morgan fingerprint density at radius 2 is 1.50 bits per heavy atom. The van der Waals surface area contributed by atoms with Crippen LogP contribution in [0.15, 0.2) is 72.5 Å². The first-order valence-corrected chi connectivity index (χ1v) is 7.89. The molecule has 0 N–H and O–H groups in total. The Labute approximate surface area is 140 Å². The fourth-order valence-corrected chi connectivity index (χ4v) is 3.81. The third-order valence-corrected chi connectivity index (χ3v) is 4.92. The Morgan fingerprint density at radius 3 is 2.00 bits per heavy atom. The van der Waals surface area contributed by atoms with Gasteiger partial charge in [0.25, 0.3) is 0 Å². The number of hydrogen-bond donors (Lipinski definition) is 0. The standard InChI is InChI=1S/C20H18O4/c1-19-18(16(22-2)13-17(21)23-19)24-20(19,14-9-5-3-6-10-14)15-11-7-4-8-12-15/h3-13,18H,1-2H3/t18?,19-/m0/s1. The highest BCUT2D eigenvalue weighted by atomic mass is 16.7. The van der Waals surface area contributed by atoms with Crippen molar-refractivity contribution in [2.24, 2.45) is 0 Å². The van der Waals surface area contributed by atoms with Gasteiger partial charge in [-0.2, -0.15) is 0 Å². The van der Waals surface area contributed by atoms with Gasteiger partial charge >= 0.3 is 5.97 Å². The number of carbonyl (C=O) groups excluding carboxylic acids is 1. The Hall–Kier alpha value is -2.59. The van der Waals surface area contributed by atoms with Gasteiger partial charge in [0.15, 0.2) is 17.3 Å². The molecule has 1 saturated heterocycles. The smallest absolute Gasteiger partial charge is 0.335 e. The van der Waals surface area contributed by atoms with E-state index in [1.54, 1.807) is 7.11 Å². The van der Waals surface area contributed by atoms with Gasteiger partial charge in [-0.05, 0) is 18.1 Å². The average molecular weight is 322 g/mol. The molecule has 4 nitrogen and oxygen atoms in total. The second kappa shape index (κ2) is 5.21. The summed E-state index contributed by atoms with van der Waals surface area (Å²) in [5, 5.41) is 0. The van der Waals surface area contributed by atoms with Crippen LogP contribution in [-0.2, 0) is 24.6 Å². The zero-order valence-electron chi connectivity index (χ0n) is 13.6. The van der Waals surface area contributed by atoms with Gasteiger partial charge in [-0.15, -0.1) is 0 Å². The van der Waals surface area contributed by atoms with Crippen LogP contribution in [0.5, 0.6) is 0 Å². The molecule has 4 heteroatoms. The number of rotatable bonds is 3. The van der Waals surface area contributed by atoms with Crippen LogP contribution in [0.2, 0.25) is 0 Å². The summed E-state index contributed by atoms with van der Waals surface area (Å²) in [6.45, 7) is 1.91. The first-order chi connectivity index (χ1) is 11.6. The SMILES string of the molecule is COC1=CC(=O)O[C@@]2(C)C1OC2(c1ccccc1)c1ccccc1. The molecule has 0 saturated carbocycles. The van der Waals surface area contributed by atoms with Crippen molar-refractivity contribution < 1.29 is 19.0 Å². The van der Waals surface area contributed by atoms with E-state index in [0.29, 0.717) is 5.76 Å². The molecule has 0 aliphatic carbocycles. The normalized spacial score (nSPS) is 27.3. The molecule has 2 aliphatic rings. The van der Waals surface area contributed by atoms with Crippen LogP contribution in [0.3, 0.4) is 0 Å². The van der Waals surface area contributed by atoms with E-state index in [9.17, 15) is 4.79 Å². The number of fused-ring (bicyclic) bond motifs is 1. The molecular weight excluding hydrogens is 304 g/mol. The zero-order chi connectivity index (χ0) is 16.8. The van der Waals surface area contributed by atoms with Crippen LogP contribution in [-0.4, -0.2) is 24.8 Å². The maximum atomic E-state index is 12.1. The van der Waals surface area contributed by atoms with Crippen LogP contribution < -0.4 is 0 Å². The van der Waals surface area contributed by atoms with Crippen LogP contribution in [0.4, 0.5) is 0 Å². The topological polar surface area (TPSA) is 44.8 Å². The number of methoxy groups -OCH3 is 1. The highest BCUT2D eigenvalue weighted by molar-refractivity contribution is 5.85. The predicted molar refractivity (Wildman–Crippen MR) is 88.1 cm³/mol.